The molecular weight excluding hydrogens is 286 g/mol. The van der Waals surface area contributed by atoms with Gasteiger partial charge in [-0.25, -0.2) is 0 Å². The van der Waals surface area contributed by atoms with Crippen LogP contribution in [0.3, 0.4) is 0 Å². The van der Waals surface area contributed by atoms with E-state index >= 15 is 0 Å². The largest absolute Gasteiger partial charge is 0.376 e. The van der Waals surface area contributed by atoms with Gasteiger partial charge in [0, 0.05) is 13.7 Å². The van der Waals surface area contributed by atoms with Crippen molar-refractivity contribution >= 4 is 11.6 Å². The summed E-state index contributed by atoms with van der Waals surface area (Å²) in [5, 5.41) is 8.63. The van der Waals surface area contributed by atoms with Gasteiger partial charge in [0.05, 0.1) is 28.6 Å². The quantitative estimate of drug-likeness (QED) is 0.868. The van der Waals surface area contributed by atoms with Crippen LogP contribution in [0, 0.1) is 5.92 Å². The summed E-state index contributed by atoms with van der Waals surface area (Å²) in [7, 11) is 3.82. The number of aromatic nitrogens is 2. The van der Waals surface area contributed by atoms with E-state index in [2.05, 4.69) is 24.3 Å². The van der Waals surface area contributed by atoms with E-state index in [-0.39, 0.29) is 11.6 Å². The Hall–Kier alpha value is -0.580. The van der Waals surface area contributed by atoms with E-state index in [4.69, 9.17) is 16.3 Å². The van der Waals surface area contributed by atoms with Gasteiger partial charge in [0.2, 0.25) is 0 Å². The topological polar surface area (TPSA) is 39.1 Å². The molecule has 1 heterocycles. The second-order valence-corrected chi connectivity index (χ2v) is 6.70. The fourth-order valence-electron chi connectivity index (χ4n) is 3.81. The molecule has 5 heteroatoms. The van der Waals surface area contributed by atoms with Gasteiger partial charge in [-0.15, -0.1) is 0 Å². The van der Waals surface area contributed by atoms with Crippen molar-refractivity contribution in [3.8, 4) is 0 Å². The minimum atomic E-state index is -0.193. The number of halogens is 1. The van der Waals surface area contributed by atoms with Crippen LogP contribution in [-0.2, 0) is 11.3 Å². The van der Waals surface area contributed by atoms with E-state index in [1.807, 2.05) is 18.8 Å². The third-order valence-corrected chi connectivity index (χ3v) is 5.05. The summed E-state index contributed by atoms with van der Waals surface area (Å²) >= 11 is 6.45. The molecule has 0 radical (unpaired) electrons. The van der Waals surface area contributed by atoms with Crippen molar-refractivity contribution in [2.75, 3.05) is 14.2 Å². The van der Waals surface area contributed by atoms with Gasteiger partial charge >= 0.3 is 0 Å². The second-order valence-electron chi connectivity index (χ2n) is 6.29. The number of methoxy groups -OCH3 is 1. The van der Waals surface area contributed by atoms with E-state index < -0.39 is 0 Å². The predicted octanol–water partition coefficient (Wildman–Crippen LogP) is 3.80. The number of rotatable bonds is 6. The van der Waals surface area contributed by atoms with Crippen molar-refractivity contribution in [1.29, 1.82) is 0 Å². The highest BCUT2D eigenvalue weighted by Gasteiger charge is 2.44. The van der Waals surface area contributed by atoms with E-state index in [1.54, 1.807) is 6.20 Å². The SMILES string of the molecule is CCCn1ncc(Cl)c1C(NC)C1(OC)CCCC(C)C1. The van der Waals surface area contributed by atoms with Crippen molar-refractivity contribution in [2.45, 2.75) is 64.1 Å². The lowest BCUT2D eigenvalue weighted by molar-refractivity contribution is -0.0807. The van der Waals surface area contributed by atoms with Gasteiger partial charge in [-0.3, -0.25) is 4.68 Å². The molecule has 21 heavy (non-hydrogen) atoms. The molecule has 3 atom stereocenters. The highest BCUT2D eigenvalue weighted by atomic mass is 35.5. The summed E-state index contributed by atoms with van der Waals surface area (Å²) in [4.78, 5) is 0. The maximum atomic E-state index is 6.45. The molecule has 1 fully saturated rings. The Morgan fingerprint density at radius 1 is 1.62 bits per heavy atom. The Kier molecular flexibility index (Phi) is 5.69. The Bertz CT molecular complexity index is 462. The minimum absolute atomic E-state index is 0.0757. The third-order valence-electron chi connectivity index (χ3n) is 4.75. The maximum absolute atomic E-state index is 6.45. The van der Waals surface area contributed by atoms with Gasteiger partial charge in [0.1, 0.15) is 0 Å². The predicted molar refractivity (Wildman–Crippen MR) is 86.7 cm³/mol. The van der Waals surface area contributed by atoms with Crippen LogP contribution >= 0.6 is 11.6 Å². The molecule has 1 aromatic heterocycles. The van der Waals surface area contributed by atoms with Crippen LogP contribution in [-0.4, -0.2) is 29.5 Å². The number of nitrogens with one attached hydrogen (secondary N) is 1. The summed E-state index contributed by atoms with van der Waals surface area (Å²) in [6.07, 6.45) is 7.40. The van der Waals surface area contributed by atoms with Crippen LogP contribution in [0.25, 0.3) is 0 Å². The first-order valence-electron chi connectivity index (χ1n) is 8.01. The first-order chi connectivity index (χ1) is 10.1. The molecule has 120 valence electrons. The molecule has 1 saturated carbocycles. The second kappa shape index (κ2) is 7.12. The highest BCUT2D eigenvalue weighted by molar-refractivity contribution is 6.31. The molecule has 0 amide bonds. The van der Waals surface area contributed by atoms with Crippen molar-refractivity contribution in [2.24, 2.45) is 5.92 Å². The number of hydrogen-bond acceptors (Lipinski definition) is 3. The van der Waals surface area contributed by atoms with E-state index in [0.29, 0.717) is 5.92 Å². The molecule has 1 aliphatic rings. The van der Waals surface area contributed by atoms with Crippen molar-refractivity contribution < 1.29 is 4.74 Å². The van der Waals surface area contributed by atoms with Gasteiger partial charge in [-0.1, -0.05) is 38.3 Å². The molecule has 2 rings (SSSR count). The molecule has 0 aromatic carbocycles. The Morgan fingerprint density at radius 2 is 2.38 bits per heavy atom. The number of hydrogen-bond donors (Lipinski definition) is 1. The van der Waals surface area contributed by atoms with Gasteiger partial charge in [-0.2, -0.15) is 5.10 Å². The van der Waals surface area contributed by atoms with Gasteiger partial charge < -0.3 is 10.1 Å². The van der Waals surface area contributed by atoms with Gasteiger partial charge in [0.25, 0.3) is 0 Å². The zero-order valence-corrected chi connectivity index (χ0v) is 14.4. The van der Waals surface area contributed by atoms with Crippen molar-refractivity contribution in [3.63, 3.8) is 0 Å². The van der Waals surface area contributed by atoms with E-state index in [0.717, 1.165) is 36.5 Å². The standard InChI is InChI=1S/C16H28ClN3O/c1-5-9-20-14(13(17)11-19-20)15(18-3)16(21-4)8-6-7-12(2)10-16/h11-12,15,18H,5-10H2,1-4H3. The van der Waals surface area contributed by atoms with Gasteiger partial charge in [0.15, 0.2) is 0 Å². The third kappa shape index (κ3) is 3.27. The van der Waals surface area contributed by atoms with Crippen molar-refractivity contribution in [3.05, 3.63) is 16.9 Å². The van der Waals surface area contributed by atoms with Crippen LogP contribution in [0.4, 0.5) is 0 Å². The average molecular weight is 314 g/mol. The highest BCUT2D eigenvalue weighted by Crippen LogP contribution is 2.44. The minimum Gasteiger partial charge on any atom is -0.376 e. The van der Waals surface area contributed by atoms with E-state index in [9.17, 15) is 0 Å². The summed E-state index contributed by atoms with van der Waals surface area (Å²) in [6, 6.07) is 0.0757. The van der Waals surface area contributed by atoms with Crippen LogP contribution in [0.15, 0.2) is 6.20 Å². The molecular formula is C16H28ClN3O. The molecule has 3 unspecified atom stereocenters. The lowest BCUT2D eigenvalue weighted by Gasteiger charge is -2.44. The summed E-state index contributed by atoms with van der Waals surface area (Å²) in [5.74, 6) is 0.677. The number of nitrogens with zero attached hydrogens (tertiary/aromatic N) is 2. The number of aryl methyl sites for hydroxylation is 1. The number of likely N-dealkylation sites (N-methyl/N-ethyl adjacent to an activating group) is 1. The molecule has 0 bridgehead atoms. The van der Waals surface area contributed by atoms with Crippen LogP contribution in [0.2, 0.25) is 5.02 Å². The maximum Gasteiger partial charge on any atom is 0.0890 e. The zero-order chi connectivity index (χ0) is 15.5. The lowest BCUT2D eigenvalue weighted by Crippen LogP contribution is -2.48. The normalized spacial score (nSPS) is 27.8. The molecule has 1 aromatic rings. The molecule has 1 N–H and O–H groups in total. The fourth-order valence-corrected chi connectivity index (χ4v) is 4.06. The molecule has 0 saturated heterocycles. The van der Waals surface area contributed by atoms with Crippen LogP contribution in [0.1, 0.15) is 57.7 Å². The Morgan fingerprint density at radius 3 is 2.95 bits per heavy atom. The summed E-state index contributed by atoms with van der Waals surface area (Å²) in [5.41, 5.74) is 0.874. The van der Waals surface area contributed by atoms with Crippen LogP contribution < -0.4 is 5.32 Å². The molecule has 4 nitrogen and oxygen atoms in total. The van der Waals surface area contributed by atoms with E-state index in [1.165, 1.54) is 12.8 Å². The molecule has 0 aliphatic heterocycles. The summed E-state index contributed by atoms with van der Waals surface area (Å²) in [6.45, 7) is 5.35. The first-order valence-corrected chi connectivity index (χ1v) is 8.39. The molecule has 1 aliphatic carbocycles. The Labute approximate surface area is 133 Å². The molecule has 0 spiro atoms. The fraction of sp³-hybridized carbons (Fsp3) is 0.812. The average Bonchev–Trinajstić information content (AvgIpc) is 2.82. The monoisotopic (exact) mass is 313 g/mol. The number of ether oxygens (including phenoxy) is 1. The van der Waals surface area contributed by atoms with Crippen molar-refractivity contribution in [1.82, 2.24) is 15.1 Å². The smallest absolute Gasteiger partial charge is 0.0890 e. The van der Waals surface area contributed by atoms with Crippen LogP contribution in [0.5, 0.6) is 0 Å². The van der Waals surface area contributed by atoms with Gasteiger partial charge in [-0.05, 0) is 32.2 Å². The Balaban J connectivity index is 2.39. The zero-order valence-electron chi connectivity index (χ0n) is 13.7. The first kappa shape index (κ1) is 16.8. The lowest BCUT2D eigenvalue weighted by atomic mass is 9.73. The summed E-state index contributed by atoms with van der Waals surface area (Å²) < 4.78 is 8.08.